The number of nitrogens with zero attached hydrogens (tertiary/aromatic N) is 1. The third-order valence-electron chi connectivity index (χ3n) is 3.57. The lowest BCUT2D eigenvalue weighted by Gasteiger charge is -2.17. The third kappa shape index (κ3) is 2.49. The van der Waals surface area contributed by atoms with Crippen molar-refractivity contribution in [2.45, 2.75) is 12.8 Å². The van der Waals surface area contributed by atoms with E-state index >= 15 is 0 Å². The van der Waals surface area contributed by atoms with Crippen LogP contribution in [-0.4, -0.2) is 12.5 Å². The lowest BCUT2D eigenvalue weighted by molar-refractivity contribution is -0.117. The molecule has 0 bridgehead atoms. The van der Waals surface area contributed by atoms with Crippen molar-refractivity contribution >= 4 is 28.9 Å². The number of amides is 1. The fourth-order valence-electron chi connectivity index (χ4n) is 2.55. The summed E-state index contributed by atoms with van der Waals surface area (Å²) in [6.07, 6.45) is 1.26. The Hall–Kier alpha value is -2.00. The van der Waals surface area contributed by atoms with Gasteiger partial charge in [0.25, 0.3) is 0 Å². The van der Waals surface area contributed by atoms with Crippen LogP contribution in [0, 0.1) is 0 Å². The maximum Gasteiger partial charge on any atom is 0.231 e. The van der Waals surface area contributed by atoms with E-state index in [1.165, 1.54) is 0 Å². The van der Waals surface area contributed by atoms with E-state index in [2.05, 4.69) is 0 Å². The highest BCUT2D eigenvalue weighted by Gasteiger charge is 2.24. The van der Waals surface area contributed by atoms with Crippen molar-refractivity contribution in [3.63, 3.8) is 0 Å². The molecule has 2 aromatic carbocycles. The lowest BCUT2D eigenvalue weighted by Crippen LogP contribution is -2.30. The molecule has 0 fully saturated rings. The predicted molar refractivity (Wildman–Crippen MR) is 82.1 cm³/mol. The zero-order valence-electron chi connectivity index (χ0n) is 11.0. The van der Waals surface area contributed by atoms with Gasteiger partial charge in [-0.3, -0.25) is 4.79 Å². The molecule has 1 heterocycles. The number of nitrogen functional groups attached to an aromatic ring is 1. The Morgan fingerprint density at radius 1 is 1.20 bits per heavy atom. The summed E-state index contributed by atoms with van der Waals surface area (Å²) in [5.74, 6) is 0.107. The molecule has 4 heteroatoms. The average Bonchev–Trinajstić information content (AvgIpc) is 2.84. The molecule has 102 valence electrons. The Balaban J connectivity index is 1.78. The molecule has 1 amide bonds. The fraction of sp³-hybridized carbons (Fsp3) is 0.188. The van der Waals surface area contributed by atoms with Gasteiger partial charge in [-0.2, -0.15) is 0 Å². The van der Waals surface area contributed by atoms with Crippen LogP contribution < -0.4 is 10.6 Å². The number of rotatable bonds is 2. The van der Waals surface area contributed by atoms with E-state index in [0.29, 0.717) is 11.4 Å². The second kappa shape index (κ2) is 5.17. The standard InChI is InChI=1S/C16H15ClN2O/c17-13-3-1-11(2-4-13)9-16(20)19-8-7-12-10-14(18)5-6-15(12)19/h1-6,10H,7-9,18H2. The molecule has 2 N–H and O–H groups in total. The van der Waals surface area contributed by atoms with Crippen LogP contribution in [0.2, 0.25) is 5.02 Å². The lowest BCUT2D eigenvalue weighted by atomic mass is 10.1. The molecule has 1 aliphatic heterocycles. The Morgan fingerprint density at radius 2 is 1.95 bits per heavy atom. The Morgan fingerprint density at radius 3 is 2.70 bits per heavy atom. The highest BCUT2D eigenvalue weighted by atomic mass is 35.5. The van der Waals surface area contributed by atoms with Gasteiger partial charge in [0.1, 0.15) is 0 Å². The number of nitrogens with two attached hydrogens (primary N) is 1. The van der Waals surface area contributed by atoms with E-state index in [9.17, 15) is 4.79 Å². The van der Waals surface area contributed by atoms with Gasteiger partial charge >= 0.3 is 0 Å². The van der Waals surface area contributed by atoms with E-state index in [-0.39, 0.29) is 5.91 Å². The Bertz CT molecular complexity index is 652. The molecule has 3 nitrogen and oxygen atoms in total. The monoisotopic (exact) mass is 286 g/mol. The van der Waals surface area contributed by atoms with E-state index in [0.717, 1.165) is 35.5 Å². The summed E-state index contributed by atoms with van der Waals surface area (Å²) in [6, 6.07) is 13.1. The van der Waals surface area contributed by atoms with Gasteiger partial charge < -0.3 is 10.6 Å². The molecule has 0 unspecified atom stereocenters. The van der Waals surface area contributed by atoms with Crippen molar-refractivity contribution in [2.75, 3.05) is 17.2 Å². The van der Waals surface area contributed by atoms with Crippen LogP contribution >= 0.6 is 11.6 Å². The Kier molecular flexibility index (Phi) is 3.36. The van der Waals surface area contributed by atoms with Crippen LogP contribution in [-0.2, 0) is 17.6 Å². The quantitative estimate of drug-likeness (QED) is 0.863. The summed E-state index contributed by atoms with van der Waals surface area (Å²) in [5.41, 5.74) is 9.63. The zero-order chi connectivity index (χ0) is 14.1. The molecular weight excluding hydrogens is 272 g/mol. The first-order valence-electron chi connectivity index (χ1n) is 6.57. The first kappa shape index (κ1) is 13.0. The van der Waals surface area contributed by atoms with Crippen LogP contribution in [0.25, 0.3) is 0 Å². The van der Waals surface area contributed by atoms with Crippen molar-refractivity contribution in [3.8, 4) is 0 Å². The molecule has 0 saturated heterocycles. The minimum absolute atomic E-state index is 0.107. The van der Waals surface area contributed by atoms with Gasteiger partial charge in [0.05, 0.1) is 6.42 Å². The molecule has 2 aromatic rings. The summed E-state index contributed by atoms with van der Waals surface area (Å²) in [4.78, 5) is 14.2. The minimum Gasteiger partial charge on any atom is -0.399 e. The summed E-state index contributed by atoms with van der Waals surface area (Å²) in [7, 11) is 0. The van der Waals surface area contributed by atoms with Gasteiger partial charge in [-0.05, 0) is 47.9 Å². The number of benzene rings is 2. The molecule has 0 radical (unpaired) electrons. The topological polar surface area (TPSA) is 46.3 Å². The maximum absolute atomic E-state index is 12.4. The first-order valence-corrected chi connectivity index (χ1v) is 6.94. The van der Waals surface area contributed by atoms with Crippen molar-refractivity contribution < 1.29 is 4.79 Å². The number of carbonyl (C=O) groups excluding carboxylic acids is 1. The highest BCUT2D eigenvalue weighted by molar-refractivity contribution is 6.30. The second-order valence-electron chi connectivity index (χ2n) is 4.99. The molecule has 0 aliphatic carbocycles. The fourth-order valence-corrected chi connectivity index (χ4v) is 2.68. The summed E-state index contributed by atoms with van der Waals surface area (Å²) in [5, 5.41) is 0.684. The van der Waals surface area contributed by atoms with E-state index in [4.69, 9.17) is 17.3 Å². The molecular formula is C16H15ClN2O. The minimum atomic E-state index is 0.107. The number of hydrogen-bond donors (Lipinski definition) is 1. The molecule has 1 aliphatic rings. The van der Waals surface area contributed by atoms with Crippen molar-refractivity contribution in [3.05, 3.63) is 58.6 Å². The van der Waals surface area contributed by atoms with Gasteiger partial charge in [-0.15, -0.1) is 0 Å². The van der Waals surface area contributed by atoms with Crippen molar-refractivity contribution in [2.24, 2.45) is 0 Å². The summed E-state index contributed by atoms with van der Waals surface area (Å²) in [6.45, 7) is 0.727. The van der Waals surface area contributed by atoms with Crippen LogP contribution in [0.4, 0.5) is 11.4 Å². The summed E-state index contributed by atoms with van der Waals surface area (Å²) >= 11 is 5.85. The molecule has 0 saturated carbocycles. The number of fused-ring (bicyclic) bond motifs is 1. The second-order valence-corrected chi connectivity index (χ2v) is 5.42. The van der Waals surface area contributed by atoms with E-state index in [1.807, 2.05) is 47.4 Å². The molecule has 0 spiro atoms. The van der Waals surface area contributed by atoms with Crippen molar-refractivity contribution in [1.29, 1.82) is 0 Å². The predicted octanol–water partition coefficient (Wildman–Crippen LogP) is 3.05. The number of carbonyl (C=O) groups is 1. The van der Waals surface area contributed by atoms with Gasteiger partial charge in [-0.25, -0.2) is 0 Å². The highest BCUT2D eigenvalue weighted by Crippen LogP contribution is 2.30. The number of halogens is 1. The van der Waals surface area contributed by atoms with Crippen LogP contribution in [0.15, 0.2) is 42.5 Å². The zero-order valence-corrected chi connectivity index (χ0v) is 11.7. The van der Waals surface area contributed by atoms with Gasteiger partial charge in [0.2, 0.25) is 5.91 Å². The van der Waals surface area contributed by atoms with Crippen molar-refractivity contribution in [1.82, 2.24) is 0 Å². The molecule has 0 atom stereocenters. The molecule has 0 aromatic heterocycles. The Labute approximate surface area is 123 Å². The van der Waals surface area contributed by atoms with E-state index < -0.39 is 0 Å². The van der Waals surface area contributed by atoms with Gasteiger partial charge in [0, 0.05) is 22.9 Å². The summed E-state index contributed by atoms with van der Waals surface area (Å²) < 4.78 is 0. The normalized spacial score (nSPS) is 13.3. The van der Waals surface area contributed by atoms with Crippen LogP contribution in [0.3, 0.4) is 0 Å². The third-order valence-corrected chi connectivity index (χ3v) is 3.82. The largest absolute Gasteiger partial charge is 0.399 e. The smallest absolute Gasteiger partial charge is 0.231 e. The van der Waals surface area contributed by atoms with E-state index in [1.54, 1.807) is 0 Å². The first-order chi connectivity index (χ1) is 9.63. The van der Waals surface area contributed by atoms with Gasteiger partial charge in [0.15, 0.2) is 0 Å². The maximum atomic E-state index is 12.4. The average molecular weight is 287 g/mol. The number of anilines is 2. The molecule has 20 heavy (non-hydrogen) atoms. The van der Waals surface area contributed by atoms with Crippen LogP contribution in [0.1, 0.15) is 11.1 Å². The number of hydrogen-bond acceptors (Lipinski definition) is 2. The van der Waals surface area contributed by atoms with Gasteiger partial charge in [-0.1, -0.05) is 23.7 Å². The van der Waals surface area contributed by atoms with Crippen LogP contribution in [0.5, 0.6) is 0 Å². The molecule has 3 rings (SSSR count). The SMILES string of the molecule is Nc1ccc2c(c1)CCN2C(=O)Cc1ccc(Cl)cc1.